The van der Waals surface area contributed by atoms with Gasteiger partial charge in [0, 0.05) is 31.9 Å². The van der Waals surface area contributed by atoms with Gasteiger partial charge >= 0.3 is 0 Å². The molecule has 11 heteroatoms. The van der Waals surface area contributed by atoms with Crippen LogP contribution in [-0.2, 0) is 16.1 Å². The number of carbonyl (C=O) groups excluding carboxylic acids is 2. The molecule has 0 aliphatic carbocycles. The van der Waals surface area contributed by atoms with E-state index in [1.165, 1.54) is 22.6 Å². The third-order valence-electron chi connectivity index (χ3n) is 5.78. The number of ether oxygens (including phenoxy) is 1. The number of aromatic nitrogens is 3. The number of nitrogens with zero attached hydrogens (tertiary/aromatic N) is 4. The minimum absolute atomic E-state index is 0.0537. The summed E-state index contributed by atoms with van der Waals surface area (Å²) >= 11 is 5.91. The van der Waals surface area contributed by atoms with Gasteiger partial charge < -0.3 is 20.3 Å². The smallest absolute Gasteiger partial charge is 0.244 e. The zero-order valence-electron chi connectivity index (χ0n) is 19.9. The molecule has 3 heterocycles. The number of hydrogen-bond donors (Lipinski definition) is 2. The van der Waals surface area contributed by atoms with Crippen LogP contribution < -0.4 is 15.4 Å². The van der Waals surface area contributed by atoms with E-state index in [9.17, 15) is 14.0 Å². The molecule has 0 radical (unpaired) electrons. The van der Waals surface area contributed by atoms with Crippen LogP contribution in [0, 0.1) is 12.7 Å². The number of hydrogen-bond acceptors (Lipinski definition) is 6. The summed E-state index contributed by atoms with van der Waals surface area (Å²) in [5, 5.41) is 9.85. The Labute approximate surface area is 213 Å². The highest BCUT2D eigenvalue weighted by atomic mass is 35.5. The molecule has 0 bridgehead atoms. The Morgan fingerprint density at radius 2 is 2.03 bits per heavy atom. The van der Waals surface area contributed by atoms with Crippen molar-refractivity contribution in [2.24, 2.45) is 0 Å². The SMILES string of the molecule is Cc1ccc(O[C@H]2CCCN(C(=O)Cn3cc(NC(=O)CCNc4c(F)cncc4Cl)cn3)C2)cc1. The standard InChI is InChI=1S/C25H28ClFN6O3/c1-17-4-6-19(7-5-17)36-20-3-2-10-32(15-20)24(35)16-33-14-18(11-30-33)31-23(34)8-9-29-25-21(26)12-28-13-22(25)27/h4-7,11-14,20H,2-3,8-10,15-16H2,1H3,(H,28,29)(H,31,34)/t20-/m0/s1. The topological polar surface area (TPSA) is 101 Å². The highest BCUT2D eigenvalue weighted by molar-refractivity contribution is 6.33. The van der Waals surface area contributed by atoms with Crippen molar-refractivity contribution in [3.8, 4) is 5.75 Å². The lowest BCUT2D eigenvalue weighted by Crippen LogP contribution is -2.45. The van der Waals surface area contributed by atoms with Gasteiger partial charge in [0.05, 0.1) is 35.3 Å². The fraction of sp³-hybridized carbons (Fsp3) is 0.360. The summed E-state index contributed by atoms with van der Waals surface area (Å²) in [5.41, 5.74) is 1.75. The lowest BCUT2D eigenvalue weighted by Gasteiger charge is -2.33. The highest BCUT2D eigenvalue weighted by Gasteiger charge is 2.25. The molecule has 2 amide bonds. The van der Waals surface area contributed by atoms with E-state index >= 15 is 0 Å². The normalized spacial score (nSPS) is 15.4. The molecule has 3 aromatic rings. The lowest BCUT2D eigenvalue weighted by molar-refractivity contribution is -0.134. The first-order valence-electron chi connectivity index (χ1n) is 11.7. The average molecular weight is 515 g/mol. The third kappa shape index (κ3) is 6.94. The molecule has 0 saturated carbocycles. The number of likely N-dealkylation sites (tertiary alicyclic amines) is 1. The number of rotatable bonds is 9. The minimum Gasteiger partial charge on any atom is -0.489 e. The van der Waals surface area contributed by atoms with Crippen LogP contribution in [0.4, 0.5) is 15.8 Å². The number of pyridine rings is 1. The maximum Gasteiger partial charge on any atom is 0.244 e. The summed E-state index contributed by atoms with van der Waals surface area (Å²) in [6, 6.07) is 7.89. The van der Waals surface area contributed by atoms with Gasteiger partial charge in [0.15, 0.2) is 5.82 Å². The number of anilines is 2. The van der Waals surface area contributed by atoms with Crippen LogP contribution in [-0.4, -0.2) is 57.2 Å². The van der Waals surface area contributed by atoms with E-state index in [1.807, 2.05) is 31.2 Å². The molecule has 36 heavy (non-hydrogen) atoms. The van der Waals surface area contributed by atoms with Crippen molar-refractivity contribution in [2.45, 2.75) is 38.8 Å². The molecule has 0 unspecified atom stereocenters. The van der Waals surface area contributed by atoms with E-state index < -0.39 is 5.82 Å². The Hall–Kier alpha value is -3.66. The van der Waals surface area contributed by atoms with Gasteiger partial charge in [-0.05, 0) is 31.9 Å². The van der Waals surface area contributed by atoms with Crippen molar-refractivity contribution in [2.75, 3.05) is 30.3 Å². The van der Waals surface area contributed by atoms with Gasteiger partial charge in [-0.25, -0.2) is 4.39 Å². The summed E-state index contributed by atoms with van der Waals surface area (Å²) in [5.74, 6) is -0.133. The van der Waals surface area contributed by atoms with E-state index in [2.05, 4.69) is 20.7 Å². The maximum absolute atomic E-state index is 13.7. The number of nitrogens with one attached hydrogen (secondary N) is 2. The molecule has 1 aromatic carbocycles. The number of benzene rings is 1. The van der Waals surface area contributed by atoms with Crippen LogP contribution in [0.3, 0.4) is 0 Å². The predicted molar refractivity (Wildman–Crippen MR) is 135 cm³/mol. The second-order valence-electron chi connectivity index (χ2n) is 8.66. The molecule has 4 rings (SSSR count). The molecule has 1 aliphatic rings. The van der Waals surface area contributed by atoms with Gasteiger partial charge in [0.1, 0.15) is 18.4 Å². The Morgan fingerprint density at radius 3 is 2.81 bits per heavy atom. The van der Waals surface area contributed by atoms with Crippen LogP contribution in [0.1, 0.15) is 24.8 Å². The first kappa shape index (κ1) is 25.4. The molecular formula is C25H28ClFN6O3. The van der Waals surface area contributed by atoms with E-state index in [4.69, 9.17) is 16.3 Å². The largest absolute Gasteiger partial charge is 0.489 e. The number of piperidine rings is 1. The number of halogens is 2. The average Bonchev–Trinajstić information content (AvgIpc) is 3.29. The first-order chi connectivity index (χ1) is 17.4. The van der Waals surface area contributed by atoms with E-state index in [0.29, 0.717) is 18.8 Å². The van der Waals surface area contributed by atoms with E-state index in [0.717, 1.165) is 24.8 Å². The second kappa shape index (κ2) is 11.9. The molecule has 9 nitrogen and oxygen atoms in total. The Bertz CT molecular complexity index is 1180. The zero-order chi connectivity index (χ0) is 25.5. The minimum atomic E-state index is -0.587. The van der Waals surface area contributed by atoms with Crippen molar-refractivity contribution >= 4 is 34.8 Å². The lowest BCUT2D eigenvalue weighted by atomic mass is 10.1. The Balaban J connectivity index is 1.22. The van der Waals surface area contributed by atoms with E-state index in [-0.39, 0.29) is 48.1 Å². The monoisotopic (exact) mass is 514 g/mol. The van der Waals surface area contributed by atoms with Crippen molar-refractivity contribution in [3.05, 3.63) is 65.5 Å². The van der Waals surface area contributed by atoms with Crippen LogP contribution in [0.2, 0.25) is 5.02 Å². The third-order valence-corrected chi connectivity index (χ3v) is 6.06. The first-order valence-corrected chi connectivity index (χ1v) is 12.1. The summed E-state index contributed by atoms with van der Waals surface area (Å²) in [4.78, 5) is 30.5. The van der Waals surface area contributed by atoms with E-state index in [1.54, 1.807) is 11.1 Å². The summed E-state index contributed by atoms with van der Waals surface area (Å²) in [7, 11) is 0. The van der Waals surface area contributed by atoms with Crippen LogP contribution in [0.15, 0.2) is 49.1 Å². The molecule has 2 N–H and O–H groups in total. The predicted octanol–water partition coefficient (Wildman–Crippen LogP) is 3.89. The van der Waals surface area contributed by atoms with Crippen molar-refractivity contribution < 1.29 is 18.7 Å². The number of carbonyl (C=O) groups is 2. The highest BCUT2D eigenvalue weighted by Crippen LogP contribution is 2.23. The molecule has 0 spiro atoms. The summed E-state index contributed by atoms with van der Waals surface area (Å²) < 4.78 is 21.3. The molecule has 190 valence electrons. The van der Waals surface area contributed by atoms with Crippen molar-refractivity contribution in [3.63, 3.8) is 0 Å². The second-order valence-corrected chi connectivity index (χ2v) is 9.07. The van der Waals surface area contributed by atoms with Crippen molar-refractivity contribution in [1.29, 1.82) is 0 Å². The molecule has 1 fully saturated rings. The van der Waals surface area contributed by atoms with Gasteiger partial charge in [0.25, 0.3) is 0 Å². The maximum atomic E-state index is 13.7. The quantitative estimate of drug-likeness (QED) is 0.449. The molecule has 1 saturated heterocycles. The molecule has 1 aliphatic heterocycles. The van der Waals surface area contributed by atoms with Crippen LogP contribution in [0.25, 0.3) is 0 Å². The fourth-order valence-electron chi connectivity index (χ4n) is 3.93. The van der Waals surface area contributed by atoms with Gasteiger partial charge in [0.2, 0.25) is 11.8 Å². The van der Waals surface area contributed by atoms with Gasteiger partial charge in [-0.15, -0.1) is 0 Å². The van der Waals surface area contributed by atoms with Gasteiger partial charge in [-0.1, -0.05) is 29.3 Å². The Kier molecular flexibility index (Phi) is 8.37. The van der Waals surface area contributed by atoms with Gasteiger partial charge in [-0.3, -0.25) is 19.3 Å². The number of aryl methyl sites for hydroxylation is 1. The summed E-state index contributed by atoms with van der Waals surface area (Å²) in [6.45, 7) is 3.46. The zero-order valence-corrected chi connectivity index (χ0v) is 20.7. The Morgan fingerprint density at radius 1 is 1.22 bits per heavy atom. The fourth-order valence-corrected chi connectivity index (χ4v) is 4.14. The van der Waals surface area contributed by atoms with Crippen LogP contribution >= 0.6 is 11.6 Å². The molecule has 2 aromatic heterocycles. The molecule has 1 atom stereocenters. The van der Waals surface area contributed by atoms with Gasteiger partial charge in [-0.2, -0.15) is 5.10 Å². The van der Waals surface area contributed by atoms with Crippen LogP contribution in [0.5, 0.6) is 5.75 Å². The molecular weight excluding hydrogens is 487 g/mol. The van der Waals surface area contributed by atoms with Crippen molar-refractivity contribution in [1.82, 2.24) is 19.7 Å². The summed E-state index contributed by atoms with van der Waals surface area (Å²) in [6.07, 6.45) is 7.25. The number of amides is 2.